The first kappa shape index (κ1) is 13.9. The second-order valence-corrected chi connectivity index (χ2v) is 5.14. The molecule has 0 aliphatic heterocycles. The molecule has 2 aromatic rings. The molecule has 0 aromatic heterocycles. The van der Waals surface area contributed by atoms with E-state index >= 15 is 0 Å². The van der Waals surface area contributed by atoms with Gasteiger partial charge in [-0.25, -0.2) is 4.39 Å². The van der Waals surface area contributed by atoms with Crippen LogP contribution in [0, 0.1) is 12.7 Å². The third-order valence-corrected chi connectivity index (χ3v) is 3.09. The lowest BCUT2D eigenvalue weighted by Gasteiger charge is -2.10. The highest BCUT2D eigenvalue weighted by Gasteiger charge is 2.02. The van der Waals surface area contributed by atoms with Crippen LogP contribution in [0.4, 0.5) is 10.1 Å². The molecule has 0 saturated carbocycles. The van der Waals surface area contributed by atoms with Gasteiger partial charge in [0.1, 0.15) is 6.61 Å². The second kappa shape index (κ2) is 6.57. The number of anilines is 1. The maximum atomic E-state index is 13.4. The Bertz CT molecular complexity index is 560. The van der Waals surface area contributed by atoms with Gasteiger partial charge in [0.15, 0.2) is 11.6 Å². The molecule has 0 heterocycles. The molecule has 0 atom stereocenters. The first-order valence-electron chi connectivity index (χ1n) is 6.03. The van der Waals surface area contributed by atoms with Gasteiger partial charge in [0.2, 0.25) is 0 Å². The van der Waals surface area contributed by atoms with E-state index in [-0.39, 0.29) is 5.82 Å². The van der Waals surface area contributed by atoms with Gasteiger partial charge in [-0.2, -0.15) is 0 Å². The minimum atomic E-state index is -0.326. The Hall–Kier alpha value is -1.55. The van der Waals surface area contributed by atoms with Crippen molar-refractivity contribution in [2.75, 3.05) is 18.5 Å². The Kier molecular flexibility index (Phi) is 4.80. The molecule has 1 N–H and O–H groups in total. The van der Waals surface area contributed by atoms with Crippen LogP contribution in [-0.4, -0.2) is 13.2 Å². The summed E-state index contributed by atoms with van der Waals surface area (Å²) in [6.45, 7) is 2.93. The number of rotatable bonds is 5. The number of hydrogen-bond donors (Lipinski definition) is 1. The Morgan fingerprint density at radius 2 is 2.05 bits per heavy atom. The number of benzene rings is 2. The normalized spacial score (nSPS) is 10.3. The number of hydrogen-bond acceptors (Lipinski definition) is 2. The first-order valence-corrected chi connectivity index (χ1v) is 6.83. The molecule has 0 saturated heterocycles. The smallest absolute Gasteiger partial charge is 0.165 e. The molecular formula is C15H15BrFNO. The monoisotopic (exact) mass is 323 g/mol. The molecule has 0 spiro atoms. The highest BCUT2D eigenvalue weighted by Crippen LogP contribution is 2.18. The van der Waals surface area contributed by atoms with Gasteiger partial charge in [-0.15, -0.1) is 0 Å². The molecule has 4 heteroatoms. The van der Waals surface area contributed by atoms with Gasteiger partial charge in [0.05, 0.1) is 0 Å². The van der Waals surface area contributed by atoms with Gasteiger partial charge in [-0.3, -0.25) is 0 Å². The van der Waals surface area contributed by atoms with Crippen LogP contribution in [0.3, 0.4) is 0 Å². The fourth-order valence-electron chi connectivity index (χ4n) is 1.68. The zero-order valence-corrected chi connectivity index (χ0v) is 12.2. The van der Waals surface area contributed by atoms with Crippen LogP contribution in [0.2, 0.25) is 0 Å². The van der Waals surface area contributed by atoms with Crippen molar-refractivity contribution in [1.29, 1.82) is 0 Å². The number of halogens is 2. The van der Waals surface area contributed by atoms with Crippen LogP contribution in [0.1, 0.15) is 5.56 Å². The average Bonchev–Trinajstić information content (AvgIpc) is 2.39. The van der Waals surface area contributed by atoms with Crippen molar-refractivity contribution in [2.45, 2.75) is 6.92 Å². The molecule has 0 amide bonds. The maximum absolute atomic E-state index is 13.4. The van der Waals surface area contributed by atoms with Crippen molar-refractivity contribution in [3.8, 4) is 5.75 Å². The van der Waals surface area contributed by atoms with Gasteiger partial charge in [0, 0.05) is 16.7 Å². The van der Waals surface area contributed by atoms with E-state index in [4.69, 9.17) is 4.74 Å². The molecule has 0 unspecified atom stereocenters. The molecule has 0 bridgehead atoms. The molecule has 0 radical (unpaired) electrons. The quantitative estimate of drug-likeness (QED) is 0.824. The van der Waals surface area contributed by atoms with Crippen LogP contribution >= 0.6 is 15.9 Å². The molecule has 2 rings (SSSR count). The predicted molar refractivity (Wildman–Crippen MR) is 79.3 cm³/mol. The van der Waals surface area contributed by atoms with Crippen molar-refractivity contribution in [2.24, 2.45) is 0 Å². The third kappa shape index (κ3) is 4.24. The molecular weight excluding hydrogens is 309 g/mol. The summed E-state index contributed by atoms with van der Waals surface area (Å²) in [6, 6.07) is 12.7. The highest BCUT2D eigenvalue weighted by atomic mass is 79.9. The number of aryl methyl sites for hydroxylation is 1. The van der Waals surface area contributed by atoms with Gasteiger partial charge in [-0.05, 0) is 42.8 Å². The zero-order valence-electron chi connectivity index (χ0n) is 10.6. The SMILES string of the molecule is Cc1ccc(F)c(OCCNc2cccc(Br)c2)c1. The highest BCUT2D eigenvalue weighted by molar-refractivity contribution is 9.10. The Labute approximate surface area is 120 Å². The van der Waals surface area contributed by atoms with E-state index in [2.05, 4.69) is 21.2 Å². The molecule has 19 heavy (non-hydrogen) atoms. The van der Waals surface area contributed by atoms with Crippen molar-refractivity contribution < 1.29 is 9.13 Å². The van der Waals surface area contributed by atoms with Crippen molar-refractivity contribution in [3.05, 3.63) is 58.3 Å². The van der Waals surface area contributed by atoms with Gasteiger partial charge < -0.3 is 10.1 Å². The summed E-state index contributed by atoms with van der Waals surface area (Å²) in [4.78, 5) is 0. The van der Waals surface area contributed by atoms with Gasteiger partial charge >= 0.3 is 0 Å². The lowest BCUT2D eigenvalue weighted by molar-refractivity contribution is 0.315. The summed E-state index contributed by atoms with van der Waals surface area (Å²) in [5.74, 6) is -0.0240. The van der Waals surface area contributed by atoms with E-state index in [1.165, 1.54) is 6.07 Å². The lowest BCUT2D eigenvalue weighted by Crippen LogP contribution is -2.12. The van der Waals surface area contributed by atoms with Crippen molar-refractivity contribution in [1.82, 2.24) is 0 Å². The zero-order chi connectivity index (χ0) is 13.7. The predicted octanol–water partition coefficient (Wildman–Crippen LogP) is 4.39. The van der Waals surface area contributed by atoms with E-state index in [1.54, 1.807) is 12.1 Å². The summed E-state index contributed by atoms with van der Waals surface area (Å²) in [7, 11) is 0. The maximum Gasteiger partial charge on any atom is 0.165 e. The lowest BCUT2D eigenvalue weighted by atomic mass is 10.2. The van der Waals surface area contributed by atoms with Gasteiger partial charge in [-0.1, -0.05) is 28.1 Å². The minimum absolute atomic E-state index is 0.302. The standard InChI is InChI=1S/C15H15BrFNO/c1-11-5-6-14(17)15(9-11)19-8-7-18-13-4-2-3-12(16)10-13/h2-6,9-10,18H,7-8H2,1H3. The summed E-state index contributed by atoms with van der Waals surface area (Å²) in [5, 5.41) is 3.21. The van der Waals surface area contributed by atoms with Crippen LogP contribution in [-0.2, 0) is 0 Å². The van der Waals surface area contributed by atoms with Crippen molar-refractivity contribution in [3.63, 3.8) is 0 Å². The van der Waals surface area contributed by atoms with E-state index in [1.807, 2.05) is 31.2 Å². The average molecular weight is 324 g/mol. The molecule has 0 fully saturated rings. The van der Waals surface area contributed by atoms with Crippen LogP contribution in [0.5, 0.6) is 5.75 Å². The molecule has 100 valence electrons. The molecule has 2 nitrogen and oxygen atoms in total. The summed E-state index contributed by atoms with van der Waals surface area (Å²) < 4.78 is 19.9. The fourth-order valence-corrected chi connectivity index (χ4v) is 2.08. The largest absolute Gasteiger partial charge is 0.489 e. The number of nitrogens with one attached hydrogen (secondary N) is 1. The van der Waals surface area contributed by atoms with Gasteiger partial charge in [0.25, 0.3) is 0 Å². The number of ether oxygens (including phenoxy) is 1. The summed E-state index contributed by atoms with van der Waals surface area (Å²) in [6.07, 6.45) is 0. The fraction of sp³-hybridized carbons (Fsp3) is 0.200. The molecule has 0 aliphatic rings. The van der Waals surface area contributed by atoms with Crippen molar-refractivity contribution >= 4 is 21.6 Å². The van der Waals surface area contributed by atoms with E-state index in [0.29, 0.717) is 18.9 Å². The van der Waals surface area contributed by atoms with E-state index in [9.17, 15) is 4.39 Å². The molecule has 0 aliphatic carbocycles. The minimum Gasteiger partial charge on any atom is -0.489 e. The summed E-state index contributed by atoms with van der Waals surface area (Å²) in [5.41, 5.74) is 1.99. The van der Waals surface area contributed by atoms with E-state index < -0.39 is 0 Å². The second-order valence-electron chi connectivity index (χ2n) is 4.22. The Balaban J connectivity index is 1.82. The van der Waals surface area contributed by atoms with E-state index in [0.717, 1.165) is 15.7 Å². The topological polar surface area (TPSA) is 21.3 Å². The van der Waals surface area contributed by atoms with Crippen LogP contribution in [0.15, 0.2) is 46.9 Å². The van der Waals surface area contributed by atoms with Crippen LogP contribution < -0.4 is 10.1 Å². The summed E-state index contributed by atoms with van der Waals surface area (Å²) >= 11 is 3.40. The van der Waals surface area contributed by atoms with Crippen LogP contribution in [0.25, 0.3) is 0 Å². The third-order valence-electron chi connectivity index (χ3n) is 2.60. The Morgan fingerprint density at radius 1 is 1.21 bits per heavy atom. The molecule has 2 aromatic carbocycles. The first-order chi connectivity index (χ1) is 9.15. The Morgan fingerprint density at radius 3 is 2.84 bits per heavy atom.